The van der Waals surface area contributed by atoms with Crippen molar-refractivity contribution in [1.82, 2.24) is 19.2 Å². The SMILES string of the molecule is C=CC(Nc1cc(OCCCO)nc(SCc2cccc(F)c2F)n1)S(=O)(=O)N1CCN(C(=O)OC(C)(C)C)CC1. The zero-order chi connectivity index (χ0) is 30.2. The van der Waals surface area contributed by atoms with E-state index < -0.39 is 38.7 Å². The van der Waals surface area contributed by atoms with E-state index in [1.807, 2.05) is 0 Å². The standard InChI is InChI=1S/C26H35F2N5O6S2/c1-5-22(41(36,37)33-12-10-32(11-13-33)25(35)39-26(2,3)4)29-20-16-21(38-15-7-14-34)31-24(30-20)40-17-18-8-6-9-19(27)23(18)28/h5-6,8-9,16,22,34H,1,7,10-15,17H2,2-4H3,(H,29,30,31). The first-order chi connectivity index (χ1) is 19.3. The molecule has 15 heteroatoms. The number of hydrogen-bond acceptors (Lipinski definition) is 10. The van der Waals surface area contributed by atoms with Gasteiger partial charge >= 0.3 is 6.09 Å². The number of sulfonamides is 1. The van der Waals surface area contributed by atoms with Crippen LogP contribution in [0.3, 0.4) is 0 Å². The van der Waals surface area contributed by atoms with Crippen molar-refractivity contribution in [3.05, 3.63) is 54.1 Å². The number of aromatic nitrogens is 2. The fourth-order valence-electron chi connectivity index (χ4n) is 3.67. The van der Waals surface area contributed by atoms with Gasteiger partial charge in [0, 0.05) is 56.6 Å². The van der Waals surface area contributed by atoms with Crippen LogP contribution in [0.15, 0.2) is 42.1 Å². The maximum absolute atomic E-state index is 14.1. The van der Waals surface area contributed by atoms with Crippen molar-refractivity contribution < 1.29 is 36.6 Å². The van der Waals surface area contributed by atoms with E-state index in [4.69, 9.17) is 14.6 Å². The molecule has 3 rings (SSSR count). The van der Waals surface area contributed by atoms with Crippen molar-refractivity contribution in [2.75, 3.05) is 44.7 Å². The molecule has 1 aliphatic rings. The lowest BCUT2D eigenvalue weighted by Gasteiger charge is -2.36. The van der Waals surface area contributed by atoms with Crippen LogP contribution in [0.4, 0.5) is 19.4 Å². The first kappa shape index (κ1) is 32.5. The van der Waals surface area contributed by atoms with Crippen LogP contribution in [0.1, 0.15) is 32.8 Å². The molecule has 1 fully saturated rings. The summed E-state index contributed by atoms with van der Waals surface area (Å²) < 4.78 is 66.9. The number of nitrogens with one attached hydrogen (secondary N) is 1. The summed E-state index contributed by atoms with van der Waals surface area (Å²) in [6.45, 7) is 9.41. The predicted octanol–water partition coefficient (Wildman–Crippen LogP) is 3.61. The first-order valence-electron chi connectivity index (χ1n) is 12.9. The van der Waals surface area contributed by atoms with Gasteiger partial charge in [-0.3, -0.25) is 0 Å². The highest BCUT2D eigenvalue weighted by molar-refractivity contribution is 7.98. The second kappa shape index (κ2) is 14.2. The van der Waals surface area contributed by atoms with Gasteiger partial charge in [0.25, 0.3) is 0 Å². The van der Waals surface area contributed by atoms with Crippen LogP contribution in [0, 0.1) is 11.6 Å². The molecule has 2 aromatic rings. The van der Waals surface area contributed by atoms with Crippen molar-refractivity contribution in [3.63, 3.8) is 0 Å². The number of halogens is 2. The van der Waals surface area contributed by atoms with E-state index in [2.05, 4.69) is 21.9 Å². The van der Waals surface area contributed by atoms with Crippen LogP contribution >= 0.6 is 11.8 Å². The third kappa shape index (κ3) is 9.24. The second-order valence-corrected chi connectivity index (χ2v) is 13.0. The van der Waals surface area contributed by atoms with E-state index in [1.54, 1.807) is 20.8 Å². The van der Waals surface area contributed by atoms with Crippen molar-refractivity contribution in [2.45, 2.75) is 49.1 Å². The van der Waals surface area contributed by atoms with Gasteiger partial charge in [0.2, 0.25) is 15.9 Å². The molecule has 2 heterocycles. The average molecular weight is 616 g/mol. The number of hydrogen-bond donors (Lipinski definition) is 2. The maximum atomic E-state index is 14.1. The van der Waals surface area contributed by atoms with Gasteiger partial charge in [0.1, 0.15) is 11.4 Å². The molecule has 1 amide bonds. The summed E-state index contributed by atoms with van der Waals surface area (Å²) in [6.07, 6.45) is 1.05. The lowest BCUT2D eigenvalue weighted by atomic mass is 10.2. The van der Waals surface area contributed by atoms with Crippen LogP contribution in [0.5, 0.6) is 5.88 Å². The predicted molar refractivity (Wildman–Crippen MR) is 151 cm³/mol. The molecule has 1 unspecified atom stereocenters. The minimum absolute atomic E-state index is 0.00817. The van der Waals surface area contributed by atoms with Crippen molar-refractivity contribution in [2.24, 2.45) is 0 Å². The Hall–Kier alpha value is -3.01. The van der Waals surface area contributed by atoms with E-state index >= 15 is 0 Å². The van der Waals surface area contributed by atoms with E-state index in [0.717, 1.165) is 17.8 Å². The number of carbonyl (C=O) groups excluding carboxylic acids is 1. The number of piperazine rings is 1. The Morgan fingerprint density at radius 1 is 1.24 bits per heavy atom. The number of thioether (sulfide) groups is 1. The highest BCUT2D eigenvalue weighted by atomic mass is 32.2. The Balaban J connectivity index is 1.75. The van der Waals surface area contributed by atoms with Gasteiger partial charge in [0.15, 0.2) is 22.2 Å². The van der Waals surface area contributed by atoms with E-state index in [9.17, 15) is 22.0 Å². The third-order valence-corrected chi connectivity index (χ3v) is 8.63. The molecule has 226 valence electrons. The van der Waals surface area contributed by atoms with Gasteiger partial charge in [-0.1, -0.05) is 36.5 Å². The molecule has 0 spiro atoms. The van der Waals surface area contributed by atoms with Gasteiger partial charge in [0.05, 0.1) is 6.61 Å². The van der Waals surface area contributed by atoms with Crippen molar-refractivity contribution >= 4 is 33.7 Å². The molecule has 2 N–H and O–H groups in total. The lowest BCUT2D eigenvalue weighted by molar-refractivity contribution is 0.0192. The Morgan fingerprint density at radius 2 is 1.95 bits per heavy atom. The molecule has 0 saturated carbocycles. The molecule has 11 nitrogen and oxygen atoms in total. The third-order valence-electron chi connectivity index (χ3n) is 5.70. The summed E-state index contributed by atoms with van der Waals surface area (Å²) in [6, 6.07) is 5.25. The summed E-state index contributed by atoms with van der Waals surface area (Å²) in [5.74, 6) is -1.74. The summed E-state index contributed by atoms with van der Waals surface area (Å²) in [5, 5.41) is 10.8. The summed E-state index contributed by atoms with van der Waals surface area (Å²) >= 11 is 1.01. The van der Waals surface area contributed by atoms with E-state index in [-0.39, 0.29) is 67.6 Å². The normalized spacial score (nSPS) is 15.3. The monoisotopic (exact) mass is 615 g/mol. The molecule has 1 atom stereocenters. The molecular formula is C26H35F2N5O6S2. The molecular weight excluding hydrogens is 580 g/mol. The topological polar surface area (TPSA) is 134 Å². The lowest BCUT2D eigenvalue weighted by Crippen LogP contribution is -2.54. The fraction of sp³-hybridized carbons (Fsp3) is 0.500. The van der Waals surface area contributed by atoms with Gasteiger partial charge in [-0.05, 0) is 26.8 Å². The molecule has 1 aromatic carbocycles. The zero-order valence-corrected chi connectivity index (χ0v) is 24.8. The van der Waals surface area contributed by atoms with Crippen LogP contribution in [-0.4, -0.2) is 89.2 Å². The van der Waals surface area contributed by atoms with Crippen molar-refractivity contribution in [1.29, 1.82) is 0 Å². The minimum atomic E-state index is -3.98. The van der Waals surface area contributed by atoms with Gasteiger partial charge in [-0.25, -0.2) is 27.0 Å². The molecule has 0 radical (unpaired) electrons. The van der Waals surface area contributed by atoms with E-state index in [0.29, 0.717) is 6.42 Å². The van der Waals surface area contributed by atoms with Crippen LogP contribution < -0.4 is 10.1 Å². The smallest absolute Gasteiger partial charge is 0.410 e. The van der Waals surface area contributed by atoms with Crippen molar-refractivity contribution in [3.8, 4) is 5.88 Å². The molecule has 1 saturated heterocycles. The largest absolute Gasteiger partial charge is 0.477 e. The highest BCUT2D eigenvalue weighted by Crippen LogP contribution is 2.27. The molecule has 1 aromatic heterocycles. The molecule has 0 bridgehead atoms. The Bertz CT molecular complexity index is 1320. The molecule has 0 aliphatic carbocycles. The minimum Gasteiger partial charge on any atom is -0.477 e. The van der Waals surface area contributed by atoms with Crippen LogP contribution in [-0.2, 0) is 20.5 Å². The van der Waals surface area contributed by atoms with Crippen LogP contribution in [0.25, 0.3) is 0 Å². The number of aliphatic hydroxyl groups is 1. The summed E-state index contributed by atoms with van der Waals surface area (Å²) in [7, 11) is -3.98. The van der Waals surface area contributed by atoms with E-state index in [1.165, 1.54) is 33.5 Å². The van der Waals surface area contributed by atoms with Gasteiger partial charge < -0.3 is 24.8 Å². The Kier molecular flexibility index (Phi) is 11.3. The number of benzene rings is 1. The Morgan fingerprint density at radius 3 is 2.59 bits per heavy atom. The molecule has 1 aliphatic heterocycles. The van der Waals surface area contributed by atoms with Gasteiger partial charge in [-0.2, -0.15) is 9.29 Å². The number of aliphatic hydroxyl groups excluding tert-OH is 1. The maximum Gasteiger partial charge on any atom is 0.410 e. The number of anilines is 1. The first-order valence-corrected chi connectivity index (χ1v) is 15.4. The average Bonchev–Trinajstić information content (AvgIpc) is 2.91. The summed E-state index contributed by atoms with van der Waals surface area (Å²) in [5.41, 5.74) is -0.560. The molecule has 41 heavy (non-hydrogen) atoms. The number of ether oxygens (including phenoxy) is 2. The highest BCUT2D eigenvalue weighted by Gasteiger charge is 2.35. The Labute approximate surface area is 243 Å². The quantitative estimate of drug-likeness (QED) is 0.158. The fourth-order valence-corrected chi connectivity index (χ4v) is 6.00. The number of rotatable bonds is 12. The number of amides is 1. The van der Waals surface area contributed by atoms with Crippen LogP contribution in [0.2, 0.25) is 0 Å². The number of carbonyl (C=O) groups is 1. The van der Waals surface area contributed by atoms with Gasteiger partial charge in [-0.15, -0.1) is 0 Å². The number of nitrogens with zero attached hydrogens (tertiary/aromatic N) is 4. The zero-order valence-electron chi connectivity index (χ0n) is 23.2. The summed E-state index contributed by atoms with van der Waals surface area (Å²) in [4.78, 5) is 22.4. The second-order valence-electron chi connectivity index (χ2n) is 10.0.